The highest BCUT2D eigenvalue weighted by molar-refractivity contribution is 7.14. The largest absolute Gasteiger partial charge is 0.360 e. The number of carbonyl (C=O) groups is 2. The number of hydrogen-bond donors (Lipinski definition) is 1. The third-order valence-electron chi connectivity index (χ3n) is 5.03. The van der Waals surface area contributed by atoms with E-state index in [1.165, 1.54) is 16.2 Å². The molecule has 0 saturated heterocycles. The van der Waals surface area contributed by atoms with Gasteiger partial charge in [-0.1, -0.05) is 10.3 Å². The van der Waals surface area contributed by atoms with E-state index in [1.807, 2.05) is 0 Å². The van der Waals surface area contributed by atoms with Crippen LogP contribution < -0.4 is 10.2 Å². The summed E-state index contributed by atoms with van der Waals surface area (Å²) in [4.78, 5) is 30.7. The smallest absolute Gasteiger partial charge is 0.281 e. The van der Waals surface area contributed by atoms with Crippen LogP contribution in [-0.4, -0.2) is 34.2 Å². The van der Waals surface area contributed by atoms with Crippen molar-refractivity contribution < 1.29 is 18.6 Å². The van der Waals surface area contributed by atoms with Crippen molar-refractivity contribution >= 4 is 28.3 Å². The number of aromatic nitrogens is 3. The number of nitrogens with zero attached hydrogens (tertiary/aromatic N) is 4. The number of amides is 2. The Hall–Kier alpha value is -3.01. The van der Waals surface area contributed by atoms with Gasteiger partial charge < -0.3 is 14.4 Å². The molecule has 2 aliphatic carbocycles. The zero-order valence-electron chi connectivity index (χ0n) is 15.8. The van der Waals surface area contributed by atoms with Crippen LogP contribution in [0.4, 0.5) is 5.13 Å². The lowest BCUT2D eigenvalue weighted by atomic mass is 10.3. The lowest BCUT2D eigenvalue weighted by molar-refractivity contribution is 0.0939. The molecule has 3 aromatic heterocycles. The third kappa shape index (κ3) is 3.80. The molecule has 0 bridgehead atoms. The molecule has 2 fully saturated rings. The van der Waals surface area contributed by atoms with Crippen LogP contribution in [0.1, 0.15) is 75.7 Å². The summed E-state index contributed by atoms with van der Waals surface area (Å²) < 4.78 is 10.5. The molecule has 0 radical (unpaired) electrons. The summed E-state index contributed by atoms with van der Waals surface area (Å²) >= 11 is 1.32. The molecule has 3 aromatic rings. The first-order chi connectivity index (χ1) is 14.1. The molecule has 29 heavy (non-hydrogen) atoms. The van der Waals surface area contributed by atoms with E-state index in [2.05, 4.69) is 20.6 Å². The van der Waals surface area contributed by atoms with Crippen molar-refractivity contribution in [3.05, 3.63) is 46.1 Å². The van der Waals surface area contributed by atoms with Gasteiger partial charge in [-0.15, -0.1) is 11.3 Å². The molecule has 5 rings (SSSR count). The van der Waals surface area contributed by atoms with E-state index in [9.17, 15) is 9.59 Å². The van der Waals surface area contributed by atoms with Gasteiger partial charge >= 0.3 is 0 Å². The van der Waals surface area contributed by atoms with E-state index >= 15 is 0 Å². The average Bonchev–Trinajstić information content (AvgIpc) is 3.60. The predicted molar refractivity (Wildman–Crippen MR) is 103 cm³/mol. The van der Waals surface area contributed by atoms with Crippen molar-refractivity contribution in [2.45, 2.75) is 44.1 Å². The SMILES string of the molecule is CN(C(=O)c1cc(C2CC2)on1)c1nc(CNC(=O)c2cc(C3CC3)on2)cs1. The number of carbonyl (C=O) groups excluding carboxylic acids is 2. The second kappa shape index (κ2) is 7.11. The van der Waals surface area contributed by atoms with Crippen LogP contribution in [0, 0.1) is 0 Å². The van der Waals surface area contributed by atoms with E-state index in [4.69, 9.17) is 9.05 Å². The van der Waals surface area contributed by atoms with Gasteiger partial charge in [0, 0.05) is 36.4 Å². The highest BCUT2D eigenvalue weighted by Crippen LogP contribution is 2.41. The number of anilines is 1. The molecule has 0 spiro atoms. The fourth-order valence-corrected chi connectivity index (χ4v) is 3.75. The predicted octanol–water partition coefficient (Wildman–Crippen LogP) is 3.08. The third-order valence-corrected chi connectivity index (χ3v) is 6.00. The van der Waals surface area contributed by atoms with Crippen LogP contribution in [0.3, 0.4) is 0 Å². The van der Waals surface area contributed by atoms with Gasteiger partial charge in [0.2, 0.25) is 0 Å². The summed E-state index contributed by atoms with van der Waals surface area (Å²) in [6, 6.07) is 3.40. The second-order valence-electron chi connectivity index (χ2n) is 7.45. The molecule has 3 heterocycles. The Morgan fingerprint density at radius 3 is 2.38 bits per heavy atom. The summed E-state index contributed by atoms with van der Waals surface area (Å²) in [5.74, 6) is 1.75. The molecule has 0 unspecified atom stereocenters. The minimum atomic E-state index is -0.310. The number of hydrogen-bond acceptors (Lipinski definition) is 8. The van der Waals surface area contributed by atoms with Gasteiger partial charge in [0.25, 0.3) is 11.8 Å². The van der Waals surface area contributed by atoms with E-state index in [0.29, 0.717) is 22.7 Å². The van der Waals surface area contributed by atoms with Crippen LogP contribution >= 0.6 is 11.3 Å². The van der Waals surface area contributed by atoms with Crippen molar-refractivity contribution in [2.24, 2.45) is 0 Å². The normalized spacial score (nSPS) is 16.0. The summed E-state index contributed by atoms with van der Waals surface area (Å²) in [5.41, 5.74) is 1.20. The lowest BCUT2D eigenvalue weighted by Crippen LogP contribution is -2.27. The average molecular weight is 413 g/mol. The molecule has 2 aliphatic rings. The molecular formula is C19H19N5O4S. The van der Waals surface area contributed by atoms with Crippen LogP contribution in [0.5, 0.6) is 0 Å². The van der Waals surface area contributed by atoms with Crippen molar-refractivity contribution in [2.75, 3.05) is 11.9 Å². The summed E-state index contributed by atoms with van der Waals surface area (Å²) in [5, 5.41) is 12.8. The lowest BCUT2D eigenvalue weighted by Gasteiger charge is -2.11. The molecule has 150 valence electrons. The molecular weight excluding hydrogens is 394 g/mol. The van der Waals surface area contributed by atoms with E-state index in [-0.39, 0.29) is 29.7 Å². The van der Waals surface area contributed by atoms with Crippen molar-refractivity contribution in [3.8, 4) is 0 Å². The van der Waals surface area contributed by atoms with Crippen molar-refractivity contribution in [3.63, 3.8) is 0 Å². The molecule has 0 atom stereocenters. The van der Waals surface area contributed by atoms with Gasteiger partial charge in [-0.05, 0) is 25.7 Å². The Morgan fingerprint density at radius 2 is 1.72 bits per heavy atom. The molecule has 0 aromatic carbocycles. The molecule has 10 heteroatoms. The number of nitrogens with one attached hydrogen (secondary N) is 1. The van der Waals surface area contributed by atoms with Gasteiger partial charge in [-0.2, -0.15) is 0 Å². The zero-order valence-corrected chi connectivity index (χ0v) is 16.6. The minimum Gasteiger partial charge on any atom is -0.360 e. The van der Waals surface area contributed by atoms with Gasteiger partial charge in [-0.3, -0.25) is 14.5 Å². The van der Waals surface area contributed by atoms with Crippen molar-refractivity contribution in [1.29, 1.82) is 0 Å². The fourth-order valence-electron chi connectivity index (χ4n) is 2.96. The Labute approximate surface area is 170 Å². The van der Waals surface area contributed by atoms with Gasteiger partial charge in [-0.25, -0.2) is 4.98 Å². The summed E-state index contributed by atoms with van der Waals surface area (Å²) in [6.45, 7) is 0.235. The highest BCUT2D eigenvalue weighted by Gasteiger charge is 2.30. The van der Waals surface area contributed by atoms with Gasteiger partial charge in [0.05, 0.1) is 12.2 Å². The molecule has 2 amide bonds. The van der Waals surface area contributed by atoms with Crippen LogP contribution in [-0.2, 0) is 6.54 Å². The Bertz CT molecular complexity index is 1060. The number of thiazole rings is 1. The minimum absolute atomic E-state index is 0.235. The van der Waals surface area contributed by atoms with E-state index in [1.54, 1.807) is 24.6 Å². The van der Waals surface area contributed by atoms with Gasteiger partial charge in [0.1, 0.15) is 11.5 Å². The maximum Gasteiger partial charge on any atom is 0.281 e. The summed E-state index contributed by atoms with van der Waals surface area (Å²) in [6.07, 6.45) is 4.33. The molecule has 2 saturated carbocycles. The Morgan fingerprint density at radius 1 is 1.10 bits per heavy atom. The molecule has 9 nitrogen and oxygen atoms in total. The first-order valence-electron chi connectivity index (χ1n) is 9.52. The Kier molecular flexibility index (Phi) is 4.42. The number of rotatable bonds is 7. The molecule has 1 N–H and O–H groups in total. The van der Waals surface area contributed by atoms with Crippen LogP contribution in [0.15, 0.2) is 26.6 Å². The van der Waals surface area contributed by atoms with Crippen molar-refractivity contribution in [1.82, 2.24) is 20.6 Å². The maximum absolute atomic E-state index is 12.6. The van der Waals surface area contributed by atoms with Gasteiger partial charge in [0.15, 0.2) is 16.5 Å². The zero-order chi connectivity index (χ0) is 20.0. The monoisotopic (exact) mass is 413 g/mol. The summed E-state index contributed by atoms with van der Waals surface area (Å²) in [7, 11) is 1.64. The highest BCUT2D eigenvalue weighted by atomic mass is 32.1. The van der Waals surface area contributed by atoms with E-state index < -0.39 is 0 Å². The van der Waals surface area contributed by atoms with Crippen LogP contribution in [0.2, 0.25) is 0 Å². The fraction of sp³-hybridized carbons (Fsp3) is 0.421. The van der Waals surface area contributed by atoms with Crippen LogP contribution in [0.25, 0.3) is 0 Å². The second-order valence-corrected chi connectivity index (χ2v) is 8.28. The Balaban J connectivity index is 1.19. The van der Waals surface area contributed by atoms with E-state index in [0.717, 1.165) is 37.2 Å². The maximum atomic E-state index is 12.6. The standard InChI is InChI=1S/C19H19N5O4S/c1-24(18(26)14-7-16(28-23-14)11-4-5-11)19-21-12(9-29-19)8-20-17(25)13-6-15(27-22-13)10-2-3-10/h6-7,9-11H,2-5,8H2,1H3,(H,20,25). The first-order valence-corrected chi connectivity index (χ1v) is 10.4. The molecule has 0 aliphatic heterocycles. The first kappa shape index (κ1) is 18.0. The topological polar surface area (TPSA) is 114 Å². The quantitative estimate of drug-likeness (QED) is 0.633.